The van der Waals surface area contributed by atoms with Gasteiger partial charge in [0.2, 0.25) is 5.91 Å². The maximum Gasteiger partial charge on any atom is 0.325 e. The SMILES string of the molecule is O=C(CCCN1C(=O)NC2(CCCC2)C1=O)NCC1CCN(c2ccccc2)C1. The van der Waals surface area contributed by atoms with Crippen LogP contribution in [0.3, 0.4) is 0 Å². The molecule has 7 heteroatoms. The Morgan fingerprint density at radius 1 is 1.17 bits per heavy atom. The third-order valence-corrected chi connectivity index (χ3v) is 6.48. The van der Waals surface area contributed by atoms with E-state index in [0.29, 0.717) is 31.8 Å². The van der Waals surface area contributed by atoms with Crippen LogP contribution in [-0.2, 0) is 9.59 Å². The van der Waals surface area contributed by atoms with E-state index >= 15 is 0 Å². The molecule has 3 fully saturated rings. The number of para-hydroxylation sites is 1. The van der Waals surface area contributed by atoms with Crippen LogP contribution in [0.1, 0.15) is 44.9 Å². The monoisotopic (exact) mass is 398 g/mol. The summed E-state index contributed by atoms with van der Waals surface area (Å²) in [4.78, 5) is 40.6. The standard InChI is InChI=1S/C22H30N4O3/c27-19(23-15-17-10-14-25(16-17)18-7-2-1-3-8-18)9-6-13-26-20(28)22(24-21(26)29)11-4-5-12-22/h1-3,7-8,17H,4-6,9-16H2,(H,23,27)(H,24,29). The molecular weight excluding hydrogens is 368 g/mol. The third kappa shape index (κ3) is 4.23. The minimum absolute atomic E-state index is 0.00852. The summed E-state index contributed by atoms with van der Waals surface area (Å²) in [5.74, 6) is 0.338. The van der Waals surface area contributed by atoms with Gasteiger partial charge in [0.05, 0.1) is 0 Å². The Hall–Kier alpha value is -2.57. The van der Waals surface area contributed by atoms with Crippen LogP contribution in [0.25, 0.3) is 0 Å². The van der Waals surface area contributed by atoms with Gasteiger partial charge in [-0.3, -0.25) is 14.5 Å². The Morgan fingerprint density at radius 2 is 1.93 bits per heavy atom. The fourth-order valence-corrected chi connectivity index (χ4v) is 4.81. The van der Waals surface area contributed by atoms with Crippen molar-refractivity contribution >= 4 is 23.5 Å². The molecule has 1 aromatic carbocycles. The van der Waals surface area contributed by atoms with E-state index in [0.717, 1.165) is 45.2 Å². The van der Waals surface area contributed by atoms with Crippen LogP contribution in [0.5, 0.6) is 0 Å². The molecule has 2 N–H and O–H groups in total. The number of rotatable bonds is 7. The molecule has 29 heavy (non-hydrogen) atoms. The van der Waals surface area contributed by atoms with E-state index < -0.39 is 5.54 Å². The van der Waals surface area contributed by atoms with Crippen molar-refractivity contribution in [1.82, 2.24) is 15.5 Å². The molecule has 1 spiro atoms. The lowest BCUT2D eigenvalue weighted by atomic mass is 9.98. The highest BCUT2D eigenvalue weighted by Crippen LogP contribution is 2.35. The van der Waals surface area contributed by atoms with Crippen molar-refractivity contribution in [3.63, 3.8) is 0 Å². The molecule has 2 saturated heterocycles. The lowest BCUT2D eigenvalue weighted by Gasteiger charge is -2.20. The molecule has 1 aliphatic carbocycles. The van der Waals surface area contributed by atoms with Gasteiger partial charge in [-0.15, -0.1) is 0 Å². The number of amides is 4. The van der Waals surface area contributed by atoms with Gasteiger partial charge in [0.25, 0.3) is 5.91 Å². The first-order valence-electron chi connectivity index (χ1n) is 10.8. The number of anilines is 1. The van der Waals surface area contributed by atoms with Crippen molar-refractivity contribution in [2.45, 2.75) is 50.5 Å². The van der Waals surface area contributed by atoms with Gasteiger partial charge < -0.3 is 15.5 Å². The molecule has 2 heterocycles. The second kappa shape index (κ2) is 8.43. The fourth-order valence-electron chi connectivity index (χ4n) is 4.81. The number of hydrogen-bond donors (Lipinski definition) is 2. The lowest BCUT2D eigenvalue weighted by Crippen LogP contribution is -2.44. The molecule has 156 valence electrons. The maximum atomic E-state index is 12.6. The average Bonchev–Trinajstić information content (AvgIpc) is 3.44. The normalized spacial score (nSPS) is 23.1. The Morgan fingerprint density at radius 3 is 2.69 bits per heavy atom. The van der Waals surface area contributed by atoms with E-state index in [-0.39, 0.29) is 17.8 Å². The molecule has 2 aliphatic heterocycles. The largest absolute Gasteiger partial charge is 0.371 e. The van der Waals surface area contributed by atoms with E-state index in [1.165, 1.54) is 10.6 Å². The summed E-state index contributed by atoms with van der Waals surface area (Å²) in [5.41, 5.74) is 0.571. The first-order valence-corrected chi connectivity index (χ1v) is 10.8. The molecule has 1 unspecified atom stereocenters. The predicted octanol–water partition coefficient (Wildman–Crippen LogP) is 2.27. The molecule has 3 aliphatic rings. The molecule has 7 nitrogen and oxygen atoms in total. The Kier molecular flexibility index (Phi) is 5.74. The van der Waals surface area contributed by atoms with Gasteiger partial charge in [-0.2, -0.15) is 0 Å². The molecule has 4 rings (SSSR count). The molecule has 1 atom stereocenters. The highest BCUT2D eigenvalue weighted by molar-refractivity contribution is 6.07. The van der Waals surface area contributed by atoms with Crippen LogP contribution in [0.15, 0.2) is 30.3 Å². The molecule has 1 aromatic rings. The molecule has 4 amide bonds. The number of urea groups is 1. The first kappa shape index (κ1) is 19.7. The Bertz CT molecular complexity index is 761. The number of carbonyl (C=O) groups excluding carboxylic acids is 3. The lowest BCUT2D eigenvalue weighted by molar-refractivity contribution is -0.131. The second-order valence-electron chi connectivity index (χ2n) is 8.52. The van der Waals surface area contributed by atoms with E-state index in [1.807, 2.05) is 18.2 Å². The van der Waals surface area contributed by atoms with Crippen molar-refractivity contribution in [3.05, 3.63) is 30.3 Å². The molecule has 0 bridgehead atoms. The number of nitrogens with zero attached hydrogens (tertiary/aromatic N) is 2. The maximum absolute atomic E-state index is 12.6. The highest BCUT2D eigenvalue weighted by atomic mass is 16.2. The van der Waals surface area contributed by atoms with Gasteiger partial charge in [0.15, 0.2) is 0 Å². The van der Waals surface area contributed by atoms with Crippen molar-refractivity contribution < 1.29 is 14.4 Å². The highest BCUT2D eigenvalue weighted by Gasteiger charge is 2.52. The van der Waals surface area contributed by atoms with Gasteiger partial charge in [-0.25, -0.2) is 4.79 Å². The second-order valence-corrected chi connectivity index (χ2v) is 8.52. The van der Waals surface area contributed by atoms with Crippen LogP contribution in [0, 0.1) is 5.92 Å². The van der Waals surface area contributed by atoms with Gasteiger partial charge in [0.1, 0.15) is 5.54 Å². The number of hydrogen-bond acceptors (Lipinski definition) is 4. The summed E-state index contributed by atoms with van der Waals surface area (Å²) in [6.45, 7) is 2.95. The van der Waals surface area contributed by atoms with Crippen LogP contribution >= 0.6 is 0 Å². The summed E-state index contributed by atoms with van der Waals surface area (Å²) in [7, 11) is 0. The predicted molar refractivity (Wildman–Crippen MR) is 110 cm³/mol. The zero-order valence-electron chi connectivity index (χ0n) is 16.9. The summed E-state index contributed by atoms with van der Waals surface area (Å²) in [5, 5.41) is 5.90. The van der Waals surface area contributed by atoms with Gasteiger partial charge in [-0.1, -0.05) is 31.0 Å². The number of nitrogens with one attached hydrogen (secondary N) is 2. The van der Waals surface area contributed by atoms with Crippen LogP contribution in [0.2, 0.25) is 0 Å². The van der Waals surface area contributed by atoms with E-state index in [4.69, 9.17) is 0 Å². The van der Waals surface area contributed by atoms with Gasteiger partial charge in [0, 0.05) is 38.3 Å². The smallest absolute Gasteiger partial charge is 0.325 e. The number of carbonyl (C=O) groups is 3. The summed E-state index contributed by atoms with van der Waals surface area (Å²) in [6.07, 6.45) is 5.32. The van der Waals surface area contributed by atoms with Crippen molar-refractivity contribution in [2.75, 3.05) is 31.1 Å². The van der Waals surface area contributed by atoms with Crippen LogP contribution < -0.4 is 15.5 Å². The van der Waals surface area contributed by atoms with E-state index in [9.17, 15) is 14.4 Å². The topological polar surface area (TPSA) is 81.8 Å². The fraction of sp³-hybridized carbons (Fsp3) is 0.591. The van der Waals surface area contributed by atoms with E-state index in [1.54, 1.807) is 0 Å². The summed E-state index contributed by atoms with van der Waals surface area (Å²) < 4.78 is 0. The quantitative estimate of drug-likeness (QED) is 0.691. The zero-order chi connectivity index (χ0) is 20.3. The minimum atomic E-state index is -0.660. The Labute approximate surface area is 171 Å². The average molecular weight is 399 g/mol. The zero-order valence-corrected chi connectivity index (χ0v) is 16.9. The molecule has 1 saturated carbocycles. The van der Waals surface area contributed by atoms with Crippen LogP contribution in [-0.4, -0.2) is 54.5 Å². The molecule has 0 aromatic heterocycles. The first-order chi connectivity index (χ1) is 14.1. The molecular formula is C22H30N4O3. The summed E-state index contributed by atoms with van der Waals surface area (Å²) >= 11 is 0. The van der Waals surface area contributed by atoms with Gasteiger partial charge >= 0.3 is 6.03 Å². The van der Waals surface area contributed by atoms with E-state index in [2.05, 4.69) is 27.7 Å². The summed E-state index contributed by atoms with van der Waals surface area (Å²) in [6, 6.07) is 10.0. The van der Waals surface area contributed by atoms with Crippen molar-refractivity contribution in [3.8, 4) is 0 Å². The van der Waals surface area contributed by atoms with Crippen molar-refractivity contribution in [2.24, 2.45) is 5.92 Å². The molecule has 0 radical (unpaired) electrons. The third-order valence-electron chi connectivity index (χ3n) is 6.48. The number of benzene rings is 1. The van der Waals surface area contributed by atoms with Gasteiger partial charge in [-0.05, 0) is 43.7 Å². The Balaban J connectivity index is 1.16. The minimum Gasteiger partial charge on any atom is -0.371 e. The van der Waals surface area contributed by atoms with Crippen molar-refractivity contribution in [1.29, 1.82) is 0 Å². The van der Waals surface area contributed by atoms with Crippen LogP contribution in [0.4, 0.5) is 10.5 Å². The number of imide groups is 1.